The van der Waals surface area contributed by atoms with E-state index in [0.29, 0.717) is 22.8 Å². The molecule has 2 rings (SSSR count). The summed E-state index contributed by atoms with van der Waals surface area (Å²) in [6, 6.07) is 12.5. The van der Waals surface area contributed by atoms with Crippen LogP contribution in [0.3, 0.4) is 0 Å². The van der Waals surface area contributed by atoms with Gasteiger partial charge in [-0.15, -0.1) is 0 Å². The third-order valence-electron chi connectivity index (χ3n) is 3.19. The molecule has 0 aliphatic carbocycles. The molecule has 0 spiro atoms. The molecule has 0 saturated carbocycles. The number of anilines is 1. The van der Waals surface area contributed by atoms with Crippen LogP contribution in [0.25, 0.3) is 0 Å². The Hall–Kier alpha value is -2.20. The van der Waals surface area contributed by atoms with Crippen LogP contribution in [0.4, 0.5) is 5.69 Å². The van der Waals surface area contributed by atoms with Crippen molar-refractivity contribution in [3.63, 3.8) is 0 Å². The Bertz CT molecular complexity index is 658. The van der Waals surface area contributed by atoms with Gasteiger partial charge in [-0.3, -0.25) is 4.79 Å². The first-order valence-electron chi connectivity index (χ1n) is 6.45. The third kappa shape index (κ3) is 3.47. The Morgan fingerprint density at radius 3 is 2.67 bits per heavy atom. The molecule has 0 aliphatic heterocycles. The minimum Gasteiger partial charge on any atom is -0.496 e. The average Bonchev–Trinajstić information content (AvgIpc) is 2.49. The number of methoxy groups -OCH3 is 1. The highest BCUT2D eigenvalue weighted by Gasteiger charge is 2.14. The molecule has 0 aromatic heterocycles. The van der Waals surface area contributed by atoms with Gasteiger partial charge < -0.3 is 15.4 Å². The van der Waals surface area contributed by atoms with Crippen LogP contribution >= 0.6 is 11.6 Å². The average molecular weight is 305 g/mol. The highest BCUT2D eigenvalue weighted by molar-refractivity contribution is 6.33. The smallest absolute Gasteiger partial charge is 0.253 e. The molecule has 110 valence electrons. The van der Waals surface area contributed by atoms with Gasteiger partial charge in [0.05, 0.1) is 17.8 Å². The second-order valence-electron chi connectivity index (χ2n) is 4.71. The zero-order chi connectivity index (χ0) is 15.4. The number of para-hydroxylation sites is 1. The summed E-state index contributed by atoms with van der Waals surface area (Å²) >= 11 is 5.95. The van der Waals surface area contributed by atoms with Crippen LogP contribution in [-0.4, -0.2) is 25.0 Å². The molecule has 21 heavy (non-hydrogen) atoms. The summed E-state index contributed by atoms with van der Waals surface area (Å²) in [5.74, 6) is 0.635. The minimum atomic E-state index is -0.122. The number of carbonyl (C=O) groups is 1. The maximum atomic E-state index is 12.4. The first kappa shape index (κ1) is 15.2. The Morgan fingerprint density at radius 2 is 2.00 bits per heavy atom. The van der Waals surface area contributed by atoms with Crippen molar-refractivity contribution in [3.05, 3.63) is 58.6 Å². The van der Waals surface area contributed by atoms with Gasteiger partial charge in [0.2, 0.25) is 0 Å². The second-order valence-corrected chi connectivity index (χ2v) is 5.12. The number of nitrogens with zero attached hydrogens (tertiary/aromatic N) is 1. The maximum absolute atomic E-state index is 12.4. The van der Waals surface area contributed by atoms with Crippen molar-refractivity contribution in [2.45, 2.75) is 6.54 Å². The zero-order valence-electron chi connectivity index (χ0n) is 12.0. The van der Waals surface area contributed by atoms with E-state index < -0.39 is 0 Å². The van der Waals surface area contributed by atoms with Gasteiger partial charge in [-0.2, -0.15) is 0 Å². The predicted octanol–water partition coefficient (Wildman–Crippen LogP) is 3.20. The molecule has 0 radical (unpaired) electrons. The summed E-state index contributed by atoms with van der Waals surface area (Å²) in [6.45, 7) is 0.449. The standard InChI is InChI=1S/C16H17ClN2O2/c1-19(10-12-5-3-4-6-15(12)21-2)16(20)11-7-8-14(18)13(17)9-11/h3-9H,10,18H2,1-2H3. The monoisotopic (exact) mass is 304 g/mol. The molecule has 1 amide bonds. The molecule has 4 nitrogen and oxygen atoms in total. The van der Waals surface area contributed by atoms with E-state index >= 15 is 0 Å². The van der Waals surface area contributed by atoms with E-state index in [0.717, 1.165) is 11.3 Å². The third-order valence-corrected chi connectivity index (χ3v) is 3.52. The lowest BCUT2D eigenvalue weighted by atomic mass is 10.1. The Morgan fingerprint density at radius 1 is 1.29 bits per heavy atom. The van der Waals surface area contributed by atoms with Crippen molar-refractivity contribution in [2.75, 3.05) is 19.9 Å². The lowest BCUT2D eigenvalue weighted by Crippen LogP contribution is -2.26. The normalized spacial score (nSPS) is 10.2. The fourth-order valence-corrected chi connectivity index (χ4v) is 2.22. The number of halogens is 1. The summed E-state index contributed by atoms with van der Waals surface area (Å²) in [7, 11) is 3.35. The van der Waals surface area contributed by atoms with Gasteiger partial charge in [-0.1, -0.05) is 29.8 Å². The molecule has 5 heteroatoms. The van der Waals surface area contributed by atoms with Gasteiger partial charge >= 0.3 is 0 Å². The highest BCUT2D eigenvalue weighted by atomic mass is 35.5. The molecule has 2 aromatic carbocycles. The molecular formula is C16H17ClN2O2. The fraction of sp³-hybridized carbons (Fsp3) is 0.188. The SMILES string of the molecule is COc1ccccc1CN(C)C(=O)c1ccc(N)c(Cl)c1. The highest BCUT2D eigenvalue weighted by Crippen LogP contribution is 2.22. The molecule has 2 N–H and O–H groups in total. The zero-order valence-corrected chi connectivity index (χ0v) is 12.7. The van der Waals surface area contributed by atoms with Gasteiger partial charge in [-0.05, 0) is 24.3 Å². The number of carbonyl (C=O) groups excluding carboxylic acids is 1. The lowest BCUT2D eigenvalue weighted by molar-refractivity contribution is 0.0784. The van der Waals surface area contributed by atoms with Gasteiger partial charge in [0, 0.05) is 24.7 Å². The fourth-order valence-electron chi connectivity index (χ4n) is 2.04. The predicted molar refractivity (Wildman–Crippen MR) is 84.7 cm³/mol. The van der Waals surface area contributed by atoms with Crippen LogP contribution in [0.1, 0.15) is 15.9 Å². The number of nitrogen functional groups attached to an aromatic ring is 1. The van der Waals surface area contributed by atoms with E-state index in [2.05, 4.69) is 0 Å². The van der Waals surface area contributed by atoms with Crippen molar-refractivity contribution in [1.82, 2.24) is 4.90 Å². The molecular weight excluding hydrogens is 288 g/mol. The van der Waals surface area contributed by atoms with E-state index in [-0.39, 0.29) is 5.91 Å². The number of hydrogen-bond donors (Lipinski definition) is 1. The molecule has 0 aliphatic rings. The quantitative estimate of drug-likeness (QED) is 0.883. The van der Waals surface area contributed by atoms with Crippen LogP contribution in [0, 0.1) is 0 Å². The first-order chi connectivity index (χ1) is 10.0. The van der Waals surface area contributed by atoms with Crippen molar-refractivity contribution in [2.24, 2.45) is 0 Å². The number of nitrogens with two attached hydrogens (primary N) is 1. The Balaban J connectivity index is 2.17. The summed E-state index contributed by atoms with van der Waals surface area (Å²) in [6.07, 6.45) is 0. The second kappa shape index (κ2) is 6.50. The minimum absolute atomic E-state index is 0.122. The molecule has 0 saturated heterocycles. The Labute approximate surface area is 129 Å². The van der Waals surface area contributed by atoms with Gasteiger partial charge in [0.25, 0.3) is 5.91 Å². The van der Waals surface area contributed by atoms with Gasteiger partial charge in [0.15, 0.2) is 0 Å². The molecule has 0 heterocycles. The van der Waals surface area contributed by atoms with Crippen molar-refractivity contribution < 1.29 is 9.53 Å². The lowest BCUT2D eigenvalue weighted by Gasteiger charge is -2.19. The van der Waals surface area contributed by atoms with E-state index in [1.54, 1.807) is 37.3 Å². The van der Waals surface area contributed by atoms with Crippen LogP contribution in [0.15, 0.2) is 42.5 Å². The van der Waals surface area contributed by atoms with E-state index in [9.17, 15) is 4.79 Å². The van der Waals surface area contributed by atoms with Crippen molar-refractivity contribution in [3.8, 4) is 5.75 Å². The van der Waals surface area contributed by atoms with E-state index in [1.165, 1.54) is 0 Å². The molecule has 2 aromatic rings. The molecule has 0 fully saturated rings. The van der Waals surface area contributed by atoms with E-state index in [4.69, 9.17) is 22.1 Å². The Kier molecular flexibility index (Phi) is 4.70. The maximum Gasteiger partial charge on any atom is 0.253 e. The molecule has 0 unspecified atom stereocenters. The van der Waals surface area contributed by atoms with Crippen LogP contribution in [0.2, 0.25) is 5.02 Å². The van der Waals surface area contributed by atoms with Gasteiger partial charge in [-0.25, -0.2) is 0 Å². The number of ether oxygens (including phenoxy) is 1. The number of benzene rings is 2. The summed E-state index contributed by atoms with van der Waals surface area (Å²) in [5, 5.41) is 0.381. The summed E-state index contributed by atoms with van der Waals surface area (Å²) in [5.41, 5.74) is 7.56. The largest absolute Gasteiger partial charge is 0.496 e. The number of hydrogen-bond acceptors (Lipinski definition) is 3. The number of rotatable bonds is 4. The van der Waals surface area contributed by atoms with Crippen LogP contribution in [0.5, 0.6) is 5.75 Å². The molecule has 0 bridgehead atoms. The summed E-state index contributed by atoms with van der Waals surface area (Å²) < 4.78 is 5.29. The van der Waals surface area contributed by atoms with Crippen LogP contribution < -0.4 is 10.5 Å². The van der Waals surface area contributed by atoms with Crippen LogP contribution in [-0.2, 0) is 6.54 Å². The van der Waals surface area contributed by atoms with Gasteiger partial charge in [0.1, 0.15) is 5.75 Å². The van der Waals surface area contributed by atoms with Crippen molar-refractivity contribution >= 4 is 23.2 Å². The molecule has 0 atom stereocenters. The summed E-state index contributed by atoms with van der Waals surface area (Å²) in [4.78, 5) is 14.0. The van der Waals surface area contributed by atoms with E-state index in [1.807, 2.05) is 24.3 Å². The first-order valence-corrected chi connectivity index (χ1v) is 6.83. The number of amides is 1. The van der Waals surface area contributed by atoms with Crippen molar-refractivity contribution in [1.29, 1.82) is 0 Å². The topological polar surface area (TPSA) is 55.6 Å².